The fourth-order valence-electron chi connectivity index (χ4n) is 2.05. The van der Waals surface area contributed by atoms with Crippen LogP contribution in [-0.2, 0) is 4.74 Å². The lowest BCUT2D eigenvalue weighted by Crippen LogP contribution is -2.00. The molecule has 0 aliphatic carbocycles. The number of hydrogen-bond donors (Lipinski definition) is 2. The number of aromatic nitrogens is 2. The average Bonchev–Trinajstić information content (AvgIpc) is 3.16. The molecular weight excluding hydrogens is 304 g/mol. The lowest BCUT2D eigenvalue weighted by molar-refractivity contribution is 0.0595. The summed E-state index contributed by atoms with van der Waals surface area (Å²) in [6.07, 6.45) is 0. The summed E-state index contributed by atoms with van der Waals surface area (Å²) in [6.45, 7) is 2.08. The lowest BCUT2D eigenvalue weighted by Gasteiger charge is -1.91. The zero-order valence-electron chi connectivity index (χ0n) is 11.6. The third kappa shape index (κ3) is 2.86. The zero-order chi connectivity index (χ0) is 14.8. The largest absolute Gasteiger partial charge is 0.464 e. The van der Waals surface area contributed by atoms with E-state index in [4.69, 9.17) is 0 Å². The molecule has 4 aromatic heterocycles. The smallest absolute Gasteiger partial charge is 0.354 e. The number of methoxy groups -OCH3 is 1. The minimum Gasteiger partial charge on any atom is -0.464 e. The van der Waals surface area contributed by atoms with Crippen molar-refractivity contribution >= 4 is 49.1 Å². The van der Waals surface area contributed by atoms with E-state index in [0.717, 1.165) is 10.2 Å². The maximum Gasteiger partial charge on any atom is 0.354 e. The van der Waals surface area contributed by atoms with Gasteiger partial charge >= 0.3 is 5.97 Å². The average molecular weight is 318 g/mol. The van der Waals surface area contributed by atoms with Crippen LogP contribution in [0.25, 0.3) is 20.4 Å². The highest BCUT2D eigenvalue weighted by atomic mass is 32.1. The third-order valence-electron chi connectivity index (χ3n) is 3.03. The van der Waals surface area contributed by atoms with Gasteiger partial charge in [-0.25, -0.2) is 4.79 Å². The van der Waals surface area contributed by atoms with Crippen molar-refractivity contribution in [3.05, 3.63) is 46.4 Å². The predicted octanol–water partition coefficient (Wildman–Crippen LogP) is 4.55. The Morgan fingerprint density at radius 3 is 2.24 bits per heavy atom. The lowest BCUT2D eigenvalue weighted by atomic mass is 10.4. The molecule has 4 heterocycles. The standard InChI is InChI=1S/C8H7NO2S.C7H7NS/c1-11-8(10)6-4-5-2-3-12-7(5)9-6;1-5-4-6-2-3-9-7(6)8-5/h2-4,9H,1H3;2-4,8H,1H3. The van der Waals surface area contributed by atoms with E-state index in [1.54, 1.807) is 28.7 Å². The second kappa shape index (κ2) is 5.75. The van der Waals surface area contributed by atoms with E-state index in [0.29, 0.717) is 5.69 Å². The molecule has 0 aromatic carbocycles. The summed E-state index contributed by atoms with van der Waals surface area (Å²) in [5, 5.41) is 6.46. The van der Waals surface area contributed by atoms with Gasteiger partial charge in [0.2, 0.25) is 0 Å². The SMILES string of the molecule is COC(=O)c1cc2ccsc2[nH]1.Cc1cc2ccsc2[nH]1. The number of nitrogens with one attached hydrogen (secondary N) is 2. The molecule has 21 heavy (non-hydrogen) atoms. The molecule has 0 aliphatic heterocycles. The first kappa shape index (κ1) is 13.9. The van der Waals surface area contributed by atoms with Gasteiger partial charge in [0.05, 0.1) is 11.9 Å². The number of aryl methyl sites for hydroxylation is 1. The monoisotopic (exact) mass is 318 g/mol. The van der Waals surface area contributed by atoms with Crippen molar-refractivity contribution in [2.24, 2.45) is 0 Å². The van der Waals surface area contributed by atoms with Gasteiger partial charge in [0.1, 0.15) is 10.5 Å². The van der Waals surface area contributed by atoms with Gasteiger partial charge in [0, 0.05) is 16.5 Å². The van der Waals surface area contributed by atoms with Crippen molar-refractivity contribution in [2.45, 2.75) is 6.92 Å². The topological polar surface area (TPSA) is 57.9 Å². The van der Waals surface area contributed by atoms with Gasteiger partial charge in [-0.2, -0.15) is 0 Å². The first-order valence-corrected chi connectivity index (χ1v) is 8.10. The number of carbonyl (C=O) groups is 1. The Morgan fingerprint density at radius 2 is 1.67 bits per heavy atom. The van der Waals surface area contributed by atoms with E-state index < -0.39 is 0 Å². The Kier molecular flexibility index (Phi) is 3.81. The van der Waals surface area contributed by atoms with E-state index >= 15 is 0 Å². The number of ether oxygens (including phenoxy) is 1. The van der Waals surface area contributed by atoms with Crippen molar-refractivity contribution in [1.82, 2.24) is 9.97 Å². The molecule has 0 saturated carbocycles. The van der Waals surface area contributed by atoms with Crippen molar-refractivity contribution in [2.75, 3.05) is 7.11 Å². The van der Waals surface area contributed by atoms with Crippen LogP contribution in [-0.4, -0.2) is 23.0 Å². The summed E-state index contributed by atoms with van der Waals surface area (Å²) in [6, 6.07) is 8.04. The van der Waals surface area contributed by atoms with E-state index in [1.165, 1.54) is 23.0 Å². The number of carbonyl (C=O) groups excluding carboxylic acids is 1. The van der Waals surface area contributed by atoms with Crippen molar-refractivity contribution < 1.29 is 9.53 Å². The number of H-pyrrole nitrogens is 2. The number of esters is 1. The minimum atomic E-state index is -0.321. The highest BCUT2D eigenvalue weighted by Crippen LogP contribution is 2.21. The first-order valence-electron chi connectivity index (χ1n) is 6.34. The van der Waals surface area contributed by atoms with Crippen molar-refractivity contribution in [1.29, 1.82) is 0 Å². The van der Waals surface area contributed by atoms with Crippen molar-refractivity contribution in [3.63, 3.8) is 0 Å². The van der Waals surface area contributed by atoms with Crippen LogP contribution in [0.5, 0.6) is 0 Å². The van der Waals surface area contributed by atoms with Gasteiger partial charge < -0.3 is 14.7 Å². The predicted molar refractivity (Wildman–Crippen MR) is 88.4 cm³/mol. The molecule has 4 rings (SSSR count). The van der Waals surface area contributed by atoms with E-state index in [1.807, 2.05) is 11.4 Å². The van der Waals surface area contributed by atoms with Gasteiger partial charge in [-0.05, 0) is 41.9 Å². The molecule has 0 unspecified atom stereocenters. The molecule has 4 aromatic rings. The summed E-state index contributed by atoms with van der Waals surface area (Å²) in [5.74, 6) is -0.321. The number of fused-ring (bicyclic) bond motifs is 2. The van der Waals surface area contributed by atoms with Crippen LogP contribution >= 0.6 is 22.7 Å². The van der Waals surface area contributed by atoms with Gasteiger partial charge in [0.15, 0.2) is 0 Å². The molecule has 0 spiro atoms. The molecule has 0 aliphatic rings. The normalized spacial score (nSPS) is 10.6. The molecule has 0 amide bonds. The number of hydrogen-bond acceptors (Lipinski definition) is 4. The van der Waals surface area contributed by atoms with E-state index in [9.17, 15) is 4.79 Å². The Hall–Kier alpha value is -2.05. The molecule has 4 nitrogen and oxygen atoms in total. The molecule has 0 atom stereocenters. The van der Waals surface area contributed by atoms with E-state index in [-0.39, 0.29) is 5.97 Å². The summed E-state index contributed by atoms with van der Waals surface area (Å²) in [5.41, 5.74) is 1.76. The molecule has 108 valence electrons. The summed E-state index contributed by atoms with van der Waals surface area (Å²) in [4.78, 5) is 19.6. The van der Waals surface area contributed by atoms with Crippen LogP contribution in [0.2, 0.25) is 0 Å². The maximum absolute atomic E-state index is 11.0. The molecule has 0 bridgehead atoms. The first-order chi connectivity index (χ1) is 10.2. The molecule has 0 radical (unpaired) electrons. The van der Waals surface area contributed by atoms with Crippen LogP contribution in [0.4, 0.5) is 0 Å². The highest BCUT2D eigenvalue weighted by Gasteiger charge is 2.08. The van der Waals surface area contributed by atoms with Crippen LogP contribution < -0.4 is 0 Å². The number of aromatic amines is 2. The molecule has 6 heteroatoms. The Labute approximate surface area is 129 Å². The molecule has 0 saturated heterocycles. The van der Waals surface area contributed by atoms with Crippen LogP contribution in [0.3, 0.4) is 0 Å². The van der Waals surface area contributed by atoms with Crippen LogP contribution in [0.15, 0.2) is 35.0 Å². The van der Waals surface area contributed by atoms with Crippen molar-refractivity contribution in [3.8, 4) is 0 Å². The van der Waals surface area contributed by atoms with Gasteiger partial charge in [-0.15, -0.1) is 22.7 Å². The second-order valence-corrected chi connectivity index (χ2v) is 6.37. The second-order valence-electron chi connectivity index (χ2n) is 4.54. The quantitative estimate of drug-likeness (QED) is 0.506. The molecule has 0 fully saturated rings. The minimum absolute atomic E-state index is 0.321. The van der Waals surface area contributed by atoms with Crippen LogP contribution in [0.1, 0.15) is 16.2 Å². The maximum atomic E-state index is 11.0. The summed E-state index contributed by atoms with van der Waals surface area (Å²) < 4.78 is 4.57. The molecular formula is C15H14N2O2S2. The Morgan fingerprint density at radius 1 is 1.05 bits per heavy atom. The number of rotatable bonds is 1. The summed E-state index contributed by atoms with van der Waals surface area (Å²) in [7, 11) is 1.37. The number of thiophene rings is 2. The third-order valence-corrected chi connectivity index (χ3v) is 4.72. The fraction of sp³-hybridized carbons (Fsp3) is 0.133. The van der Waals surface area contributed by atoms with Gasteiger partial charge in [-0.3, -0.25) is 0 Å². The highest BCUT2D eigenvalue weighted by molar-refractivity contribution is 7.17. The van der Waals surface area contributed by atoms with Gasteiger partial charge in [0.25, 0.3) is 0 Å². The molecule has 2 N–H and O–H groups in total. The zero-order valence-corrected chi connectivity index (χ0v) is 13.2. The Bertz CT molecular complexity index is 825. The van der Waals surface area contributed by atoms with Gasteiger partial charge in [-0.1, -0.05) is 0 Å². The fourth-order valence-corrected chi connectivity index (χ4v) is 3.67. The Balaban J connectivity index is 0.000000131. The van der Waals surface area contributed by atoms with Crippen LogP contribution in [0, 0.1) is 6.92 Å². The summed E-state index contributed by atoms with van der Waals surface area (Å²) >= 11 is 3.33. The van der Waals surface area contributed by atoms with E-state index in [2.05, 4.69) is 39.1 Å².